The lowest BCUT2D eigenvalue weighted by Gasteiger charge is -2.45. The second-order valence-electron chi connectivity index (χ2n) is 11.0. The van der Waals surface area contributed by atoms with Crippen molar-refractivity contribution in [2.24, 2.45) is 17.3 Å². The fraction of sp³-hybridized carbons (Fsp3) is 0.783. The number of halogens is 1. The summed E-state index contributed by atoms with van der Waals surface area (Å²) in [6.07, 6.45) is 2.05. The van der Waals surface area contributed by atoms with Crippen molar-refractivity contribution in [1.82, 2.24) is 9.80 Å². The van der Waals surface area contributed by atoms with Gasteiger partial charge in [-0.25, -0.2) is 0 Å². The molecule has 3 fully saturated rings. The maximum Gasteiger partial charge on any atom is 0.310 e. The molecule has 180 valence electrons. The van der Waals surface area contributed by atoms with Gasteiger partial charge in [-0.05, 0) is 32.1 Å². The number of amides is 2. The van der Waals surface area contributed by atoms with E-state index in [1.54, 1.807) is 11.0 Å². The van der Waals surface area contributed by atoms with E-state index in [2.05, 4.69) is 43.3 Å². The number of hydrogen-bond donors (Lipinski definition) is 2. The number of aliphatic hydroxyl groups excluding tert-OH is 1. The van der Waals surface area contributed by atoms with Crippen molar-refractivity contribution in [2.75, 3.05) is 19.7 Å². The van der Waals surface area contributed by atoms with E-state index < -0.39 is 47.0 Å². The first-order chi connectivity index (χ1) is 14.7. The van der Waals surface area contributed by atoms with Crippen molar-refractivity contribution in [2.45, 2.75) is 75.6 Å². The number of rotatable bonds is 8. The van der Waals surface area contributed by atoms with Crippen LogP contribution >= 0.6 is 15.9 Å². The van der Waals surface area contributed by atoms with Crippen molar-refractivity contribution in [3.63, 3.8) is 0 Å². The average molecular weight is 515 g/mol. The monoisotopic (exact) mass is 514 g/mol. The molecule has 0 saturated carbocycles. The second kappa shape index (κ2) is 8.40. The molecular formula is C23H35BrN2O6. The summed E-state index contributed by atoms with van der Waals surface area (Å²) in [7, 11) is 0. The number of alkyl halides is 1. The Morgan fingerprint density at radius 3 is 2.47 bits per heavy atom. The summed E-state index contributed by atoms with van der Waals surface area (Å²) < 4.78 is 6.25. The quantitative estimate of drug-likeness (QED) is 0.379. The molecule has 0 aromatic rings. The smallest absolute Gasteiger partial charge is 0.310 e. The van der Waals surface area contributed by atoms with Crippen LogP contribution < -0.4 is 0 Å². The fourth-order valence-corrected chi connectivity index (χ4v) is 7.29. The van der Waals surface area contributed by atoms with Crippen LogP contribution in [0.25, 0.3) is 0 Å². The zero-order valence-electron chi connectivity index (χ0n) is 19.5. The van der Waals surface area contributed by atoms with E-state index in [1.165, 1.54) is 4.90 Å². The number of ether oxygens (including phenoxy) is 1. The van der Waals surface area contributed by atoms with Gasteiger partial charge in [-0.2, -0.15) is 0 Å². The van der Waals surface area contributed by atoms with E-state index in [9.17, 15) is 24.6 Å². The van der Waals surface area contributed by atoms with Crippen molar-refractivity contribution in [1.29, 1.82) is 0 Å². The van der Waals surface area contributed by atoms with Gasteiger partial charge in [0.1, 0.15) is 11.6 Å². The highest BCUT2D eigenvalue weighted by molar-refractivity contribution is 9.09. The Morgan fingerprint density at radius 1 is 1.34 bits per heavy atom. The third-order valence-electron chi connectivity index (χ3n) is 6.92. The molecule has 3 aliphatic rings. The minimum absolute atomic E-state index is 0.0531. The van der Waals surface area contributed by atoms with Crippen molar-refractivity contribution < 1.29 is 29.3 Å². The molecule has 8 nitrogen and oxygen atoms in total. The van der Waals surface area contributed by atoms with Gasteiger partial charge in [-0.1, -0.05) is 42.8 Å². The van der Waals surface area contributed by atoms with E-state index in [1.807, 2.05) is 13.8 Å². The number of carbonyl (C=O) groups excluding carboxylic acids is 2. The number of aliphatic hydroxyl groups is 1. The van der Waals surface area contributed by atoms with E-state index in [0.717, 1.165) is 0 Å². The van der Waals surface area contributed by atoms with Crippen molar-refractivity contribution >= 4 is 33.7 Å². The number of hydrogen-bond acceptors (Lipinski definition) is 5. The molecular weight excluding hydrogens is 480 g/mol. The molecule has 0 aliphatic carbocycles. The number of carboxylic acid groups (broad SMARTS) is 1. The molecule has 2 bridgehead atoms. The molecule has 32 heavy (non-hydrogen) atoms. The fourth-order valence-electron chi connectivity index (χ4n) is 6.34. The minimum atomic E-state index is -1.23. The lowest BCUT2D eigenvalue weighted by atomic mass is 9.70. The standard InChI is InChI=1S/C23H35BrN2O6/c1-7-8-26(22(5,6)12-21(2,3)4)19(29)17-23-11-13(24)16(32-23)14(20(30)31)15(23)18(28)25(17)9-10-27/h7,13-17,27H,1,8-12H2,2-6H3,(H,30,31)/t13?,14-,15+,16-,17-,23+/m0/s1. The maximum atomic E-state index is 14.2. The number of fused-ring (bicyclic) bond motifs is 1. The van der Waals surface area contributed by atoms with Crippen LogP contribution in [0, 0.1) is 17.3 Å². The Labute approximate surface area is 198 Å². The molecule has 3 saturated heterocycles. The SMILES string of the molecule is C=CCN(C(=O)[C@@H]1N(CCO)C(=O)[C@H]2[C@H](C(=O)O)[C@H]3O[C@@]12CC3Br)C(C)(C)CC(C)(C)C. The number of carbonyl (C=O) groups is 3. The molecule has 0 aromatic carbocycles. The molecule has 1 spiro atoms. The van der Waals surface area contributed by atoms with E-state index in [-0.39, 0.29) is 35.8 Å². The Balaban J connectivity index is 2.08. The normalized spacial score (nSPS) is 34.0. The molecule has 3 rings (SSSR count). The van der Waals surface area contributed by atoms with Crippen molar-refractivity contribution in [3.05, 3.63) is 12.7 Å². The molecule has 0 aromatic heterocycles. The number of likely N-dealkylation sites (tertiary alicyclic amines) is 1. The van der Waals surface area contributed by atoms with Gasteiger partial charge in [0.25, 0.3) is 0 Å². The molecule has 6 atom stereocenters. The summed E-state index contributed by atoms with van der Waals surface area (Å²) in [5.74, 6) is -3.81. The predicted octanol–water partition coefficient (Wildman–Crippen LogP) is 2.04. The summed E-state index contributed by atoms with van der Waals surface area (Å²) >= 11 is 3.53. The van der Waals surface area contributed by atoms with Gasteiger partial charge in [0.05, 0.1) is 24.5 Å². The summed E-state index contributed by atoms with van der Waals surface area (Å²) in [4.78, 5) is 42.5. The van der Waals surface area contributed by atoms with Crippen LogP contribution in [-0.2, 0) is 19.1 Å². The number of β-amino-alcohol motifs (C(OH)–C–C–N with tert-alkyl or cyclic N) is 1. The average Bonchev–Trinajstić information content (AvgIpc) is 3.21. The van der Waals surface area contributed by atoms with Crippen LogP contribution in [0.3, 0.4) is 0 Å². The van der Waals surface area contributed by atoms with Gasteiger partial charge >= 0.3 is 5.97 Å². The first-order valence-electron chi connectivity index (χ1n) is 11.1. The highest BCUT2D eigenvalue weighted by atomic mass is 79.9. The van der Waals surface area contributed by atoms with E-state index in [0.29, 0.717) is 12.8 Å². The zero-order chi connectivity index (χ0) is 24.2. The number of nitrogens with zero attached hydrogens (tertiary/aromatic N) is 2. The lowest BCUT2D eigenvalue weighted by Crippen LogP contribution is -2.61. The van der Waals surface area contributed by atoms with Crippen LogP contribution in [0.5, 0.6) is 0 Å². The third-order valence-corrected chi connectivity index (χ3v) is 7.77. The first-order valence-corrected chi connectivity index (χ1v) is 12.0. The summed E-state index contributed by atoms with van der Waals surface area (Å²) in [5.41, 5.74) is -1.84. The van der Waals surface area contributed by atoms with E-state index >= 15 is 0 Å². The molecule has 2 amide bonds. The van der Waals surface area contributed by atoms with Gasteiger partial charge in [-0.3, -0.25) is 14.4 Å². The summed E-state index contributed by atoms with van der Waals surface area (Å²) in [5, 5.41) is 19.5. The minimum Gasteiger partial charge on any atom is -0.481 e. The van der Waals surface area contributed by atoms with E-state index in [4.69, 9.17) is 4.74 Å². The Morgan fingerprint density at radius 2 is 1.97 bits per heavy atom. The van der Waals surface area contributed by atoms with Crippen LogP contribution in [0.4, 0.5) is 0 Å². The lowest BCUT2D eigenvalue weighted by molar-refractivity contribution is -0.153. The highest BCUT2D eigenvalue weighted by Crippen LogP contribution is 2.60. The maximum absolute atomic E-state index is 14.2. The molecule has 1 unspecified atom stereocenters. The molecule has 2 N–H and O–H groups in total. The highest BCUT2D eigenvalue weighted by Gasteiger charge is 2.77. The zero-order valence-corrected chi connectivity index (χ0v) is 21.1. The van der Waals surface area contributed by atoms with Gasteiger partial charge in [0, 0.05) is 23.5 Å². The summed E-state index contributed by atoms with van der Waals surface area (Å²) in [6.45, 7) is 14.0. The topological polar surface area (TPSA) is 107 Å². The summed E-state index contributed by atoms with van der Waals surface area (Å²) in [6, 6.07) is -0.999. The largest absolute Gasteiger partial charge is 0.481 e. The predicted molar refractivity (Wildman–Crippen MR) is 122 cm³/mol. The third kappa shape index (κ3) is 3.90. The van der Waals surface area contributed by atoms with Crippen LogP contribution in [0.2, 0.25) is 0 Å². The second-order valence-corrected chi connectivity index (χ2v) is 12.2. The molecule has 3 heterocycles. The van der Waals surface area contributed by atoms with Gasteiger partial charge in [0.15, 0.2) is 0 Å². The Hall–Kier alpha value is -1.45. The Bertz CT molecular complexity index is 809. The van der Waals surface area contributed by atoms with Crippen LogP contribution in [0.15, 0.2) is 12.7 Å². The van der Waals surface area contributed by atoms with Gasteiger partial charge < -0.3 is 24.7 Å². The van der Waals surface area contributed by atoms with Crippen LogP contribution in [-0.4, -0.2) is 85.6 Å². The Kier molecular flexibility index (Phi) is 6.61. The molecule has 9 heteroatoms. The van der Waals surface area contributed by atoms with Crippen LogP contribution in [0.1, 0.15) is 47.5 Å². The van der Waals surface area contributed by atoms with Gasteiger partial charge in [0.2, 0.25) is 11.8 Å². The number of carboxylic acids is 1. The van der Waals surface area contributed by atoms with Crippen molar-refractivity contribution in [3.8, 4) is 0 Å². The number of aliphatic carboxylic acids is 1. The first kappa shape index (κ1) is 25.2. The molecule has 0 radical (unpaired) electrons. The molecule has 3 aliphatic heterocycles. The van der Waals surface area contributed by atoms with Gasteiger partial charge in [-0.15, -0.1) is 6.58 Å².